The van der Waals surface area contributed by atoms with Gasteiger partial charge in [-0.25, -0.2) is 8.78 Å². The van der Waals surface area contributed by atoms with E-state index in [0.29, 0.717) is 39.1 Å². The van der Waals surface area contributed by atoms with Crippen molar-refractivity contribution in [1.29, 1.82) is 0 Å². The highest BCUT2D eigenvalue weighted by atomic mass is 19.1. The van der Waals surface area contributed by atoms with Crippen molar-refractivity contribution in [1.82, 2.24) is 10.2 Å². The number of halogens is 2. The van der Waals surface area contributed by atoms with Crippen molar-refractivity contribution in [2.24, 2.45) is 10.9 Å². The van der Waals surface area contributed by atoms with Gasteiger partial charge in [0.15, 0.2) is 5.96 Å². The molecule has 1 N–H and O–H groups in total. The molecule has 160 valence electrons. The molecular formula is C22H31F2N3O2. The lowest BCUT2D eigenvalue weighted by Crippen LogP contribution is -2.50. The average Bonchev–Trinajstić information content (AvgIpc) is 3.18. The molecule has 0 atom stereocenters. The monoisotopic (exact) mass is 407 g/mol. The van der Waals surface area contributed by atoms with Crippen molar-refractivity contribution in [3.05, 3.63) is 35.4 Å². The van der Waals surface area contributed by atoms with Crippen LogP contribution in [0.4, 0.5) is 8.78 Å². The number of benzene rings is 1. The smallest absolute Gasteiger partial charge is 0.309 e. The molecule has 0 amide bonds. The molecule has 2 fully saturated rings. The number of rotatable bonds is 5. The van der Waals surface area contributed by atoms with Gasteiger partial charge in [-0.15, -0.1) is 0 Å². The van der Waals surface area contributed by atoms with Crippen molar-refractivity contribution in [2.75, 3.05) is 33.3 Å². The largest absolute Gasteiger partial charge is 0.466 e. The lowest BCUT2D eigenvalue weighted by molar-refractivity contribution is -0.149. The maximum absolute atomic E-state index is 14.5. The van der Waals surface area contributed by atoms with Crippen LogP contribution in [0.5, 0.6) is 0 Å². The van der Waals surface area contributed by atoms with E-state index in [9.17, 15) is 13.6 Å². The van der Waals surface area contributed by atoms with Crippen LogP contribution < -0.4 is 5.32 Å². The molecule has 0 unspecified atom stereocenters. The first-order chi connectivity index (χ1) is 14.0. The highest BCUT2D eigenvalue weighted by Crippen LogP contribution is 2.42. The van der Waals surface area contributed by atoms with E-state index >= 15 is 0 Å². The highest BCUT2D eigenvalue weighted by molar-refractivity contribution is 5.80. The fourth-order valence-corrected chi connectivity index (χ4v) is 4.74. The first-order valence-electron chi connectivity index (χ1n) is 10.6. The quantitative estimate of drug-likeness (QED) is 0.460. The van der Waals surface area contributed by atoms with Crippen molar-refractivity contribution >= 4 is 11.9 Å². The summed E-state index contributed by atoms with van der Waals surface area (Å²) in [6.45, 7) is 4.05. The number of aliphatic imine (C=N–C) groups is 1. The molecule has 5 nitrogen and oxygen atoms in total. The zero-order chi connectivity index (χ0) is 20.9. The Morgan fingerprint density at radius 3 is 2.41 bits per heavy atom. The summed E-state index contributed by atoms with van der Waals surface area (Å²) in [4.78, 5) is 18.4. The van der Waals surface area contributed by atoms with Crippen LogP contribution in [0.1, 0.15) is 51.0 Å². The van der Waals surface area contributed by atoms with Crippen LogP contribution in [0.25, 0.3) is 0 Å². The van der Waals surface area contributed by atoms with Crippen LogP contribution in [0.2, 0.25) is 0 Å². The summed E-state index contributed by atoms with van der Waals surface area (Å²) in [5.41, 5.74) is -0.365. The van der Waals surface area contributed by atoms with Crippen molar-refractivity contribution in [2.45, 2.75) is 50.9 Å². The molecule has 1 heterocycles. The summed E-state index contributed by atoms with van der Waals surface area (Å²) in [6.07, 6.45) is 4.84. The first kappa shape index (κ1) is 21.5. The predicted molar refractivity (Wildman–Crippen MR) is 109 cm³/mol. The Balaban J connectivity index is 1.66. The number of carbonyl (C=O) groups excluding carboxylic acids is 1. The second kappa shape index (κ2) is 9.55. The fraction of sp³-hybridized carbons (Fsp3) is 0.636. The number of nitrogens with one attached hydrogen (secondary N) is 1. The molecule has 1 aromatic carbocycles. The third kappa shape index (κ3) is 4.70. The maximum Gasteiger partial charge on any atom is 0.309 e. The summed E-state index contributed by atoms with van der Waals surface area (Å²) in [7, 11) is 1.71. The molecule has 0 spiro atoms. The average molecular weight is 408 g/mol. The molecule has 0 radical (unpaired) electrons. The number of carbonyl (C=O) groups is 1. The van der Waals surface area contributed by atoms with E-state index in [1.807, 2.05) is 6.92 Å². The number of nitrogens with zero attached hydrogens (tertiary/aromatic N) is 2. The molecule has 1 aliphatic heterocycles. The molecule has 29 heavy (non-hydrogen) atoms. The molecule has 1 aliphatic carbocycles. The minimum atomic E-state index is -0.561. The van der Waals surface area contributed by atoms with E-state index in [2.05, 4.69) is 15.2 Å². The number of piperidine rings is 1. The van der Waals surface area contributed by atoms with Gasteiger partial charge in [-0.05, 0) is 44.7 Å². The molecule has 7 heteroatoms. The fourth-order valence-electron chi connectivity index (χ4n) is 4.74. The van der Waals surface area contributed by atoms with Gasteiger partial charge in [-0.2, -0.15) is 0 Å². The highest BCUT2D eigenvalue weighted by Gasteiger charge is 2.40. The van der Waals surface area contributed by atoms with Gasteiger partial charge in [0, 0.05) is 37.7 Å². The number of esters is 1. The van der Waals surface area contributed by atoms with E-state index in [4.69, 9.17) is 4.74 Å². The standard InChI is InChI=1S/C22H31F2N3O2/c1-3-29-20(28)16-9-13-27(14-10-16)21(25-2)26-15-22(11-4-5-12-22)19-17(23)7-6-8-18(19)24/h6-8,16H,3-5,9-15H2,1-2H3,(H,25,26). The SMILES string of the molecule is CCOC(=O)C1CCN(C(=NC)NCC2(c3c(F)cccc3F)CCCC2)CC1. The Bertz CT molecular complexity index is 719. The third-order valence-corrected chi connectivity index (χ3v) is 6.26. The van der Waals surface area contributed by atoms with Gasteiger partial charge >= 0.3 is 5.97 Å². The lowest BCUT2D eigenvalue weighted by atomic mass is 9.78. The van der Waals surface area contributed by atoms with Crippen LogP contribution in [-0.2, 0) is 14.9 Å². The second-order valence-corrected chi connectivity index (χ2v) is 8.00. The van der Waals surface area contributed by atoms with E-state index in [-0.39, 0.29) is 17.5 Å². The Morgan fingerprint density at radius 2 is 1.86 bits per heavy atom. The molecule has 1 saturated heterocycles. The predicted octanol–water partition coefficient (Wildman–Crippen LogP) is 3.63. The minimum Gasteiger partial charge on any atom is -0.466 e. The minimum absolute atomic E-state index is 0.0713. The topological polar surface area (TPSA) is 53.9 Å². The number of hydrogen-bond acceptors (Lipinski definition) is 3. The van der Waals surface area contributed by atoms with Crippen LogP contribution in [-0.4, -0.2) is 50.1 Å². The molecule has 1 saturated carbocycles. The van der Waals surface area contributed by atoms with E-state index in [0.717, 1.165) is 31.6 Å². The summed E-state index contributed by atoms with van der Waals surface area (Å²) in [6, 6.07) is 4.10. The van der Waals surface area contributed by atoms with Gasteiger partial charge in [0.25, 0.3) is 0 Å². The Labute approximate surface area is 171 Å². The maximum atomic E-state index is 14.5. The van der Waals surface area contributed by atoms with E-state index in [1.165, 1.54) is 18.2 Å². The van der Waals surface area contributed by atoms with Crippen LogP contribution in [0.15, 0.2) is 23.2 Å². The van der Waals surface area contributed by atoms with Crippen LogP contribution in [0, 0.1) is 17.6 Å². The summed E-state index contributed by atoms with van der Waals surface area (Å²) >= 11 is 0. The van der Waals surface area contributed by atoms with Gasteiger partial charge < -0.3 is 15.0 Å². The Kier molecular flexibility index (Phi) is 7.09. The number of ether oxygens (including phenoxy) is 1. The molecule has 0 aromatic heterocycles. The van der Waals surface area contributed by atoms with E-state index < -0.39 is 17.0 Å². The summed E-state index contributed by atoms with van der Waals surface area (Å²) in [5, 5.41) is 3.37. The van der Waals surface area contributed by atoms with Gasteiger partial charge in [-0.3, -0.25) is 9.79 Å². The van der Waals surface area contributed by atoms with Crippen molar-refractivity contribution < 1.29 is 18.3 Å². The van der Waals surface area contributed by atoms with Gasteiger partial charge in [-0.1, -0.05) is 18.9 Å². The second-order valence-electron chi connectivity index (χ2n) is 8.00. The molecule has 1 aromatic rings. The van der Waals surface area contributed by atoms with Gasteiger partial charge in [0.05, 0.1) is 12.5 Å². The van der Waals surface area contributed by atoms with Crippen LogP contribution >= 0.6 is 0 Å². The van der Waals surface area contributed by atoms with Gasteiger partial charge in [0.2, 0.25) is 0 Å². The summed E-state index contributed by atoms with van der Waals surface area (Å²) in [5.74, 6) is -0.429. The summed E-state index contributed by atoms with van der Waals surface area (Å²) < 4.78 is 34.2. The number of hydrogen-bond donors (Lipinski definition) is 1. The zero-order valence-corrected chi connectivity index (χ0v) is 17.3. The zero-order valence-electron chi connectivity index (χ0n) is 17.3. The molecule has 2 aliphatic rings. The first-order valence-corrected chi connectivity index (χ1v) is 10.6. The number of guanidine groups is 1. The Hall–Kier alpha value is -2.18. The van der Waals surface area contributed by atoms with Crippen molar-refractivity contribution in [3.8, 4) is 0 Å². The van der Waals surface area contributed by atoms with Crippen molar-refractivity contribution in [3.63, 3.8) is 0 Å². The normalized spacial score (nSPS) is 20.0. The van der Waals surface area contributed by atoms with Crippen LogP contribution in [0.3, 0.4) is 0 Å². The third-order valence-electron chi connectivity index (χ3n) is 6.26. The van der Waals surface area contributed by atoms with E-state index in [1.54, 1.807) is 7.05 Å². The molecular weight excluding hydrogens is 376 g/mol. The lowest BCUT2D eigenvalue weighted by Gasteiger charge is -2.36. The molecule has 3 rings (SSSR count). The van der Waals surface area contributed by atoms with Gasteiger partial charge in [0.1, 0.15) is 11.6 Å². The number of likely N-dealkylation sites (tertiary alicyclic amines) is 1. The Morgan fingerprint density at radius 1 is 1.24 bits per heavy atom. The molecule has 0 bridgehead atoms.